The molecule has 2 aromatic rings. The first-order chi connectivity index (χ1) is 14.3. The van der Waals surface area contributed by atoms with Gasteiger partial charge in [0.05, 0.1) is 16.3 Å². The maximum atomic E-state index is 12.5. The summed E-state index contributed by atoms with van der Waals surface area (Å²) in [6.45, 7) is 5.13. The maximum absolute atomic E-state index is 12.5. The summed E-state index contributed by atoms with van der Waals surface area (Å²) in [6.07, 6.45) is 0. The number of carbonyl (C=O) groups excluding carboxylic acids is 3. The molecule has 1 saturated heterocycles. The molecule has 1 N–H and O–H groups in total. The third-order valence-corrected chi connectivity index (χ3v) is 6.10. The molecule has 0 radical (unpaired) electrons. The van der Waals surface area contributed by atoms with Gasteiger partial charge in [-0.25, -0.2) is 0 Å². The fourth-order valence-electron chi connectivity index (χ4n) is 3.11. The van der Waals surface area contributed by atoms with Gasteiger partial charge in [0, 0.05) is 37.8 Å². The van der Waals surface area contributed by atoms with E-state index < -0.39 is 4.92 Å². The van der Waals surface area contributed by atoms with E-state index in [0.29, 0.717) is 36.6 Å². The number of hydrogen-bond donors (Lipinski definition) is 1. The normalized spacial score (nSPS) is 13.8. The Morgan fingerprint density at radius 3 is 2.30 bits per heavy atom. The molecule has 158 valence electrons. The van der Waals surface area contributed by atoms with Crippen molar-refractivity contribution < 1.29 is 19.3 Å². The van der Waals surface area contributed by atoms with Crippen molar-refractivity contribution in [2.45, 2.75) is 13.8 Å². The molecule has 9 nitrogen and oxygen atoms in total. The van der Waals surface area contributed by atoms with E-state index in [1.54, 1.807) is 21.9 Å². The second-order valence-electron chi connectivity index (χ2n) is 7.05. The van der Waals surface area contributed by atoms with Crippen LogP contribution in [0.25, 0.3) is 0 Å². The van der Waals surface area contributed by atoms with E-state index in [1.807, 2.05) is 19.9 Å². The van der Waals surface area contributed by atoms with Crippen molar-refractivity contribution in [2.24, 2.45) is 0 Å². The van der Waals surface area contributed by atoms with E-state index >= 15 is 0 Å². The second-order valence-corrected chi connectivity index (χ2v) is 8.11. The number of carbonyl (C=O) groups is 3. The van der Waals surface area contributed by atoms with Crippen molar-refractivity contribution >= 4 is 34.1 Å². The van der Waals surface area contributed by atoms with Crippen molar-refractivity contribution in [2.75, 3.05) is 32.7 Å². The molecule has 0 atom stereocenters. The molecule has 3 rings (SSSR count). The van der Waals surface area contributed by atoms with Gasteiger partial charge in [-0.1, -0.05) is 17.4 Å². The predicted molar refractivity (Wildman–Crippen MR) is 112 cm³/mol. The number of amides is 3. The van der Waals surface area contributed by atoms with E-state index in [0.717, 1.165) is 22.5 Å². The first-order valence-electron chi connectivity index (χ1n) is 9.43. The highest BCUT2D eigenvalue weighted by atomic mass is 32.1. The minimum atomic E-state index is -0.524. The van der Waals surface area contributed by atoms with Gasteiger partial charge in [0.1, 0.15) is 0 Å². The molecule has 3 amide bonds. The maximum Gasteiger partial charge on any atom is 0.324 e. The van der Waals surface area contributed by atoms with Crippen molar-refractivity contribution in [1.29, 1.82) is 0 Å². The number of rotatable bonds is 5. The average molecular weight is 430 g/mol. The summed E-state index contributed by atoms with van der Waals surface area (Å²) in [5, 5.41) is 13.3. The Bertz CT molecular complexity index is 995. The number of piperazine rings is 1. The highest BCUT2D eigenvalue weighted by molar-refractivity contribution is 7.17. The Labute approximate surface area is 177 Å². The molecule has 0 spiro atoms. The zero-order chi connectivity index (χ0) is 21.8. The summed E-state index contributed by atoms with van der Waals surface area (Å²) in [5.41, 5.74) is 2.60. The van der Waals surface area contributed by atoms with Crippen molar-refractivity contribution in [1.82, 2.24) is 15.1 Å². The van der Waals surface area contributed by atoms with Gasteiger partial charge in [-0.05, 0) is 43.2 Å². The first-order valence-corrected chi connectivity index (χ1v) is 10.2. The summed E-state index contributed by atoms with van der Waals surface area (Å²) in [7, 11) is 0. The van der Waals surface area contributed by atoms with Crippen LogP contribution in [0.5, 0.6) is 0 Å². The number of benzene rings is 1. The van der Waals surface area contributed by atoms with Gasteiger partial charge in [-0.2, -0.15) is 0 Å². The van der Waals surface area contributed by atoms with E-state index in [9.17, 15) is 24.5 Å². The van der Waals surface area contributed by atoms with Gasteiger partial charge in [0.15, 0.2) is 0 Å². The van der Waals surface area contributed by atoms with Crippen LogP contribution >= 0.6 is 11.3 Å². The van der Waals surface area contributed by atoms with Crippen LogP contribution in [0.1, 0.15) is 31.2 Å². The number of nitrogens with zero attached hydrogens (tertiary/aromatic N) is 3. The fraction of sp³-hybridized carbons (Fsp3) is 0.350. The Morgan fingerprint density at radius 1 is 1.03 bits per heavy atom. The highest BCUT2D eigenvalue weighted by Crippen LogP contribution is 2.25. The Balaban J connectivity index is 1.48. The number of thiophene rings is 1. The number of aryl methyl sites for hydroxylation is 2. The molecule has 1 aliphatic heterocycles. The smallest absolute Gasteiger partial charge is 0.324 e. The lowest BCUT2D eigenvalue weighted by Gasteiger charge is -2.34. The van der Waals surface area contributed by atoms with Crippen LogP contribution in [0.2, 0.25) is 0 Å². The summed E-state index contributed by atoms with van der Waals surface area (Å²) in [4.78, 5) is 50.9. The van der Waals surface area contributed by atoms with Gasteiger partial charge < -0.3 is 15.1 Å². The summed E-state index contributed by atoms with van der Waals surface area (Å²) in [5.74, 6) is -0.797. The molecule has 30 heavy (non-hydrogen) atoms. The van der Waals surface area contributed by atoms with Crippen molar-refractivity contribution in [3.63, 3.8) is 0 Å². The molecule has 1 aliphatic rings. The van der Waals surface area contributed by atoms with Gasteiger partial charge in [0.2, 0.25) is 5.91 Å². The van der Waals surface area contributed by atoms with E-state index in [4.69, 9.17) is 0 Å². The SMILES string of the molecule is Cc1ccc(C(=O)NCC(=O)N2CCN(C(=O)c3ccc([N+](=O)[O-])s3)CC2)cc1C. The number of nitro groups is 1. The quantitative estimate of drug-likeness (QED) is 0.576. The standard InChI is InChI=1S/C20H22N4O5S/c1-13-3-4-15(11-14(13)2)19(26)21-12-17(25)22-7-9-23(10-8-22)20(27)16-5-6-18(30-16)24(28)29/h3-6,11H,7-10,12H2,1-2H3,(H,21,26). The molecule has 1 aromatic heterocycles. The molecule has 0 bridgehead atoms. The van der Waals surface area contributed by atoms with Crippen LogP contribution in [0.15, 0.2) is 30.3 Å². The minimum Gasteiger partial charge on any atom is -0.343 e. The zero-order valence-electron chi connectivity index (χ0n) is 16.7. The lowest BCUT2D eigenvalue weighted by molar-refractivity contribution is -0.380. The monoisotopic (exact) mass is 430 g/mol. The lowest BCUT2D eigenvalue weighted by Crippen LogP contribution is -2.52. The molecular weight excluding hydrogens is 408 g/mol. The van der Waals surface area contributed by atoms with Crippen molar-refractivity contribution in [3.8, 4) is 0 Å². The summed E-state index contributed by atoms with van der Waals surface area (Å²) in [6, 6.07) is 8.14. The van der Waals surface area contributed by atoms with Crippen LogP contribution in [0.4, 0.5) is 5.00 Å². The third kappa shape index (κ3) is 4.82. The van der Waals surface area contributed by atoms with Crippen LogP contribution < -0.4 is 5.32 Å². The van der Waals surface area contributed by atoms with Gasteiger partial charge in [-0.15, -0.1) is 0 Å². The van der Waals surface area contributed by atoms with Crippen LogP contribution in [0.3, 0.4) is 0 Å². The van der Waals surface area contributed by atoms with Crippen molar-refractivity contribution in [3.05, 3.63) is 62.0 Å². The molecule has 0 unspecified atom stereocenters. The van der Waals surface area contributed by atoms with Gasteiger partial charge in [-0.3, -0.25) is 24.5 Å². The fourth-order valence-corrected chi connectivity index (χ4v) is 3.90. The lowest BCUT2D eigenvalue weighted by atomic mass is 10.1. The Kier molecular flexibility index (Phi) is 6.46. The summed E-state index contributed by atoms with van der Waals surface area (Å²) >= 11 is 0.843. The highest BCUT2D eigenvalue weighted by Gasteiger charge is 2.26. The van der Waals surface area contributed by atoms with Crippen LogP contribution in [-0.2, 0) is 4.79 Å². The first kappa shape index (κ1) is 21.4. The van der Waals surface area contributed by atoms with Gasteiger partial charge >= 0.3 is 5.00 Å². The molecule has 1 aromatic carbocycles. The molecule has 10 heteroatoms. The topological polar surface area (TPSA) is 113 Å². The Morgan fingerprint density at radius 2 is 1.70 bits per heavy atom. The average Bonchev–Trinajstić information content (AvgIpc) is 3.24. The molecule has 1 fully saturated rings. The van der Waals surface area contributed by atoms with E-state index in [-0.39, 0.29) is 29.3 Å². The predicted octanol–water partition coefficient (Wildman–Crippen LogP) is 1.99. The number of nitrogens with one attached hydrogen (secondary N) is 1. The second kappa shape index (κ2) is 9.04. The van der Waals surface area contributed by atoms with E-state index in [2.05, 4.69) is 5.32 Å². The zero-order valence-corrected chi connectivity index (χ0v) is 17.5. The minimum absolute atomic E-state index is 0.0772. The molecular formula is C20H22N4O5S. The van der Waals surface area contributed by atoms with Crippen LogP contribution in [0, 0.1) is 24.0 Å². The molecule has 0 saturated carbocycles. The number of hydrogen-bond acceptors (Lipinski definition) is 6. The third-order valence-electron chi connectivity index (χ3n) is 5.07. The molecule has 2 heterocycles. The van der Waals surface area contributed by atoms with Gasteiger partial charge in [0.25, 0.3) is 11.8 Å². The largest absolute Gasteiger partial charge is 0.343 e. The Hall–Kier alpha value is -3.27. The molecule has 0 aliphatic carbocycles. The van der Waals surface area contributed by atoms with E-state index in [1.165, 1.54) is 12.1 Å². The van der Waals surface area contributed by atoms with Crippen LogP contribution in [-0.4, -0.2) is 65.2 Å². The summed E-state index contributed by atoms with van der Waals surface area (Å²) < 4.78 is 0.